The molecular weight excluding hydrogens is 180 g/mol. The third kappa shape index (κ3) is 3.28. The summed E-state index contributed by atoms with van der Waals surface area (Å²) in [4.78, 5) is 5.65. The summed E-state index contributed by atoms with van der Waals surface area (Å²) in [5, 5.41) is 4.67. The van der Waals surface area contributed by atoms with Crippen LogP contribution in [0.2, 0.25) is 0 Å². The van der Waals surface area contributed by atoms with E-state index in [1.54, 1.807) is 12.1 Å². The second-order valence-electron chi connectivity index (χ2n) is 2.01. The Labute approximate surface area is 70.0 Å². The first kappa shape index (κ1) is 8.91. The molecule has 0 fully saturated rings. The standard InChI is InChI=1S/C5H8N4O2S/c6-12(10,11)9-8-5-1-3-7-4-2-5/h1-4,9H,(H,7,8)(H2,6,10,11). The van der Waals surface area contributed by atoms with Gasteiger partial charge in [-0.25, -0.2) is 5.14 Å². The number of hydrogen-bond donors (Lipinski definition) is 3. The van der Waals surface area contributed by atoms with Gasteiger partial charge >= 0.3 is 0 Å². The van der Waals surface area contributed by atoms with E-state index in [0.29, 0.717) is 5.69 Å². The average molecular weight is 188 g/mol. The average Bonchev–Trinajstić information content (AvgIpc) is 2.02. The van der Waals surface area contributed by atoms with Crippen LogP contribution in [0, 0.1) is 0 Å². The van der Waals surface area contributed by atoms with Crippen LogP contribution >= 0.6 is 0 Å². The zero-order valence-corrected chi connectivity index (χ0v) is 6.88. The first-order valence-corrected chi connectivity index (χ1v) is 4.58. The minimum absolute atomic E-state index is 0.569. The Morgan fingerprint density at radius 3 is 2.42 bits per heavy atom. The van der Waals surface area contributed by atoms with Gasteiger partial charge in [0.1, 0.15) is 0 Å². The largest absolute Gasteiger partial charge is 0.307 e. The summed E-state index contributed by atoms with van der Waals surface area (Å²) < 4.78 is 20.8. The molecule has 1 aromatic heterocycles. The molecule has 0 saturated heterocycles. The number of hydrazine groups is 1. The van der Waals surface area contributed by atoms with Gasteiger partial charge in [0, 0.05) is 12.4 Å². The predicted molar refractivity (Wildman–Crippen MR) is 44.1 cm³/mol. The van der Waals surface area contributed by atoms with Crippen LogP contribution in [0.25, 0.3) is 0 Å². The quantitative estimate of drug-likeness (QED) is 0.541. The zero-order valence-electron chi connectivity index (χ0n) is 6.06. The van der Waals surface area contributed by atoms with Crippen molar-refractivity contribution in [2.75, 3.05) is 5.43 Å². The summed E-state index contributed by atoms with van der Waals surface area (Å²) in [7, 11) is -3.70. The Morgan fingerprint density at radius 1 is 1.33 bits per heavy atom. The van der Waals surface area contributed by atoms with Crippen molar-refractivity contribution in [2.45, 2.75) is 0 Å². The van der Waals surface area contributed by atoms with E-state index in [1.807, 2.05) is 4.83 Å². The molecule has 0 aliphatic rings. The highest BCUT2D eigenvalue weighted by Gasteiger charge is 1.98. The smallest absolute Gasteiger partial charge is 0.291 e. The fourth-order valence-electron chi connectivity index (χ4n) is 0.565. The molecule has 1 aromatic rings. The number of hydrogen-bond acceptors (Lipinski definition) is 4. The monoisotopic (exact) mass is 188 g/mol. The van der Waals surface area contributed by atoms with E-state index in [9.17, 15) is 8.42 Å². The van der Waals surface area contributed by atoms with E-state index in [4.69, 9.17) is 0 Å². The maximum absolute atomic E-state index is 10.4. The molecule has 0 amide bonds. The van der Waals surface area contributed by atoms with E-state index in [2.05, 4.69) is 15.5 Å². The summed E-state index contributed by atoms with van der Waals surface area (Å²) >= 11 is 0. The molecule has 1 heterocycles. The first-order chi connectivity index (χ1) is 5.58. The highest BCUT2D eigenvalue weighted by Crippen LogP contribution is 2.00. The van der Waals surface area contributed by atoms with Crippen LogP contribution in [-0.2, 0) is 10.2 Å². The molecule has 0 spiro atoms. The summed E-state index contributed by atoms with van der Waals surface area (Å²) in [6.45, 7) is 0. The van der Waals surface area contributed by atoms with Gasteiger partial charge < -0.3 is 5.43 Å². The zero-order chi connectivity index (χ0) is 9.03. The van der Waals surface area contributed by atoms with Gasteiger partial charge in [-0.2, -0.15) is 8.42 Å². The molecule has 66 valence electrons. The van der Waals surface area contributed by atoms with Crippen LogP contribution in [0.3, 0.4) is 0 Å². The molecule has 0 bridgehead atoms. The molecule has 0 aliphatic heterocycles. The number of nitrogens with one attached hydrogen (secondary N) is 2. The Kier molecular flexibility index (Phi) is 2.58. The Balaban J connectivity index is 2.56. The number of rotatable bonds is 3. The summed E-state index contributed by atoms with van der Waals surface area (Å²) in [5.74, 6) is 0. The lowest BCUT2D eigenvalue weighted by Gasteiger charge is -2.04. The van der Waals surface area contributed by atoms with Crippen molar-refractivity contribution < 1.29 is 8.42 Å². The van der Waals surface area contributed by atoms with Crippen LogP contribution in [0.5, 0.6) is 0 Å². The summed E-state index contributed by atoms with van der Waals surface area (Å²) in [6.07, 6.45) is 3.04. The van der Waals surface area contributed by atoms with E-state index >= 15 is 0 Å². The molecule has 7 heteroatoms. The topological polar surface area (TPSA) is 97.1 Å². The maximum Gasteiger partial charge on any atom is 0.291 e. The molecule has 4 N–H and O–H groups in total. The molecule has 0 saturated carbocycles. The van der Waals surface area contributed by atoms with E-state index in [1.165, 1.54) is 12.4 Å². The number of aromatic nitrogens is 1. The predicted octanol–water partition coefficient (Wildman–Crippen LogP) is -0.798. The van der Waals surface area contributed by atoms with Crippen molar-refractivity contribution >= 4 is 15.9 Å². The van der Waals surface area contributed by atoms with E-state index in [-0.39, 0.29) is 0 Å². The van der Waals surface area contributed by atoms with Crippen molar-refractivity contribution in [2.24, 2.45) is 5.14 Å². The molecule has 0 aliphatic carbocycles. The van der Waals surface area contributed by atoms with Crippen LogP contribution in [0.15, 0.2) is 24.5 Å². The Bertz CT molecular complexity index is 336. The lowest BCUT2D eigenvalue weighted by atomic mass is 10.4. The Hall–Kier alpha value is -1.18. The van der Waals surface area contributed by atoms with Crippen LogP contribution in [-0.4, -0.2) is 13.4 Å². The highest BCUT2D eigenvalue weighted by atomic mass is 32.2. The fraction of sp³-hybridized carbons (Fsp3) is 0. The third-order valence-corrected chi connectivity index (χ3v) is 1.40. The second kappa shape index (κ2) is 3.48. The molecule has 12 heavy (non-hydrogen) atoms. The summed E-state index contributed by atoms with van der Waals surface area (Å²) in [5.41, 5.74) is 2.95. The second-order valence-corrected chi connectivity index (χ2v) is 3.30. The highest BCUT2D eigenvalue weighted by molar-refractivity contribution is 7.87. The Morgan fingerprint density at radius 2 is 1.92 bits per heavy atom. The van der Waals surface area contributed by atoms with Gasteiger partial charge in [0.15, 0.2) is 0 Å². The molecular formula is C5H8N4O2S. The number of pyridine rings is 1. The van der Waals surface area contributed by atoms with Gasteiger partial charge in [-0.1, -0.05) is 0 Å². The third-order valence-electron chi connectivity index (χ3n) is 1.02. The van der Waals surface area contributed by atoms with Crippen molar-refractivity contribution in [3.05, 3.63) is 24.5 Å². The lowest BCUT2D eigenvalue weighted by Crippen LogP contribution is -2.35. The van der Waals surface area contributed by atoms with Gasteiger partial charge in [-0.3, -0.25) is 4.98 Å². The van der Waals surface area contributed by atoms with E-state index < -0.39 is 10.2 Å². The molecule has 0 aromatic carbocycles. The van der Waals surface area contributed by atoms with Crippen LogP contribution in [0.4, 0.5) is 5.69 Å². The number of nitrogens with two attached hydrogens (primary N) is 1. The SMILES string of the molecule is NS(=O)(=O)NNc1ccncc1. The number of anilines is 1. The minimum Gasteiger partial charge on any atom is -0.307 e. The minimum atomic E-state index is -3.70. The lowest BCUT2D eigenvalue weighted by molar-refractivity contribution is 0.589. The van der Waals surface area contributed by atoms with Crippen molar-refractivity contribution in [1.82, 2.24) is 9.82 Å². The van der Waals surface area contributed by atoms with Gasteiger partial charge in [-0.15, -0.1) is 4.83 Å². The molecule has 6 nitrogen and oxygen atoms in total. The summed E-state index contributed by atoms with van der Waals surface area (Å²) in [6, 6.07) is 3.19. The van der Waals surface area contributed by atoms with Crippen molar-refractivity contribution in [3.8, 4) is 0 Å². The van der Waals surface area contributed by atoms with Gasteiger partial charge in [-0.05, 0) is 12.1 Å². The van der Waals surface area contributed by atoms with Gasteiger partial charge in [0.2, 0.25) is 0 Å². The number of nitrogens with zero attached hydrogens (tertiary/aromatic N) is 1. The van der Waals surface area contributed by atoms with Crippen molar-refractivity contribution in [3.63, 3.8) is 0 Å². The molecule has 0 atom stereocenters. The first-order valence-electron chi connectivity index (χ1n) is 3.03. The fourth-order valence-corrected chi connectivity index (χ4v) is 0.825. The normalized spacial score (nSPS) is 11.1. The van der Waals surface area contributed by atoms with Crippen LogP contribution < -0.4 is 15.4 Å². The van der Waals surface area contributed by atoms with E-state index in [0.717, 1.165) is 0 Å². The maximum atomic E-state index is 10.4. The molecule has 0 radical (unpaired) electrons. The van der Waals surface area contributed by atoms with Gasteiger partial charge in [0.05, 0.1) is 5.69 Å². The van der Waals surface area contributed by atoms with Crippen LogP contribution in [0.1, 0.15) is 0 Å². The van der Waals surface area contributed by atoms with Gasteiger partial charge in [0.25, 0.3) is 10.2 Å². The molecule has 1 rings (SSSR count). The van der Waals surface area contributed by atoms with Crippen molar-refractivity contribution in [1.29, 1.82) is 0 Å². The molecule has 0 unspecified atom stereocenters.